The Morgan fingerprint density at radius 3 is 2.76 bits per heavy atom. The van der Waals surface area contributed by atoms with Gasteiger partial charge in [0.25, 0.3) is 0 Å². The fourth-order valence-corrected chi connectivity index (χ4v) is 2.92. The molecule has 4 nitrogen and oxygen atoms in total. The number of anilines is 1. The molecule has 1 aromatic rings. The first-order chi connectivity index (χ1) is 10.1. The van der Waals surface area contributed by atoms with E-state index in [1.807, 2.05) is 25.2 Å². The van der Waals surface area contributed by atoms with Crippen molar-refractivity contribution >= 4 is 11.7 Å². The number of hydrogen-bond acceptors (Lipinski definition) is 2. The highest BCUT2D eigenvalue weighted by Crippen LogP contribution is 2.24. The van der Waals surface area contributed by atoms with Gasteiger partial charge in [-0.25, -0.2) is 4.79 Å². The van der Waals surface area contributed by atoms with E-state index in [-0.39, 0.29) is 12.1 Å². The SMILES string of the molecule is CNC(C)c1cccc(NC(=O)NC2CCCCC2C)c1. The lowest BCUT2D eigenvalue weighted by Gasteiger charge is -2.29. The average molecular weight is 289 g/mol. The van der Waals surface area contributed by atoms with Crippen LogP contribution in [0.2, 0.25) is 0 Å². The maximum atomic E-state index is 12.1. The van der Waals surface area contributed by atoms with Gasteiger partial charge in [0.1, 0.15) is 0 Å². The van der Waals surface area contributed by atoms with Gasteiger partial charge in [-0.2, -0.15) is 0 Å². The van der Waals surface area contributed by atoms with Crippen LogP contribution in [-0.4, -0.2) is 19.1 Å². The molecule has 0 heterocycles. The van der Waals surface area contributed by atoms with E-state index in [4.69, 9.17) is 0 Å². The first-order valence-corrected chi connectivity index (χ1v) is 7.95. The minimum absolute atomic E-state index is 0.0944. The van der Waals surface area contributed by atoms with Gasteiger partial charge in [-0.05, 0) is 50.4 Å². The van der Waals surface area contributed by atoms with Gasteiger partial charge in [-0.3, -0.25) is 0 Å². The lowest BCUT2D eigenvalue weighted by Crippen LogP contribution is -2.43. The van der Waals surface area contributed by atoms with Crippen molar-refractivity contribution in [1.82, 2.24) is 10.6 Å². The second-order valence-corrected chi connectivity index (χ2v) is 6.10. The molecule has 116 valence electrons. The zero-order valence-electron chi connectivity index (χ0n) is 13.3. The minimum atomic E-state index is -0.0944. The Hall–Kier alpha value is -1.55. The van der Waals surface area contributed by atoms with Crippen molar-refractivity contribution in [3.05, 3.63) is 29.8 Å². The molecule has 3 unspecified atom stereocenters. The first-order valence-electron chi connectivity index (χ1n) is 7.95. The van der Waals surface area contributed by atoms with Gasteiger partial charge >= 0.3 is 6.03 Å². The molecule has 0 spiro atoms. The van der Waals surface area contributed by atoms with E-state index in [0.717, 1.165) is 12.1 Å². The van der Waals surface area contributed by atoms with Gasteiger partial charge in [0.05, 0.1) is 0 Å². The quantitative estimate of drug-likeness (QED) is 0.792. The molecule has 0 aromatic heterocycles. The number of hydrogen-bond donors (Lipinski definition) is 3. The molecule has 0 radical (unpaired) electrons. The number of carbonyl (C=O) groups excluding carboxylic acids is 1. The number of nitrogens with one attached hydrogen (secondary N) is 3. The Morgan fingerprint density at radius 1 is 1.29 bits per heavy atom. The van der Waals surface area contributed by atoms with Crippen LogP contribution >= 0.6 is 0 Å². The van der Waals surface area contributed by atoms with E-state index < -0.39 is 0 Å². The third-order valence-corrected chi connectivity index (χ3v) is 4.51. The van der Waals surface area contributed by atoms with Gasteiger partial charge in [0.15, 0.2) is 0 Å². The van der Waals surface area contributed by atoms with Crippen molar-refractivity contribution in [2.75, 3.05) is 12.4 Å². The number of amides is 2. The van der Waals surface area contributed by atoms with Crippen molar-refractivity contribution in [2.24, 2.45) is 5.92 Å². The molecule has 1 saturated carbocycles. The maximum absolute atomic E-state index is 12.1. The van der Waals surface area contributed by atoms with E-state index in [2.05, 4.69) is 35.9 Å². The predicted octanol–water partition coefficient (Wildman–Crippen LogP) is 3.67. The van der Waals surface area contributed by atoms with Crippen LogP contribution in [0, 0.1) is 5.92 Å². The highest BCUT2D eigenvalue weighted by molar-refractivity contribution is 5.89. The Morgan fingerprint density at radius 2 is 2.05 bits per heavy atom. The molecular weight excluding hydrogens is 262 g/mol. The van der Waals surface area contributed by atoms with Crippen LogP contribution in [0.15, 0.2) is 24.3 Å². The summed E-state index contributed by atoms with van der Waals surface area (Å²) in [5.41, 5.74) is 2.01. The third kappa shape index (κ3) is 4.46. The Kier molecular flexibility index (Phi) is 5.62. The summed E-state index contributed by atoms with van der Waals surface area (Å²) in [7, 11) is 1.93. The van der Waals surface area contributed by atoms with Crippen molar-refractivity contribution in [2.45, 2.75) is 51.6 Å². The third-order valence-electron chi connectivity index (χ3n) is 4.51. The lowest BCUT2D eigenvalue weighted by molar-refractivity contribution is 0.232. The summed E-state index contributed by atoms with van der Waals surface area (Å²) in [5, 5.41) is 9.27. The van der Waals surface area contributed by atoms with Crippen LogP contribution in [0.5, 0.6) is 0 Å². The van der Waals surface area contributed by atoms with E-state index in [9.17, 15) is 4.79 Å². The van der Waals surface area contributed by atoms with Crippen molar-refractivity contribution < 1.29 is 4.79 Å². The van der Waals surface area contributed by atoms with Crippen LogP contribution in [0.4, 0.5) is 10.5 Å². The average Bonchev–Trinajstić information content (AvgIpc) is 2.49. The Labute approximate surface area is 127 Å². The Balaban J connectivity index is 1.93. The molecule has 1 aliphatic carbocycles. The van der Waals surface area contributed by atoms with Crippen LogP contribution in [-0.2, 0) is 0 Å². The summed E-state index contributed by atoms with van der Waals surface area (Å²) in [5.74, 6) is 0.570. The fourth-order valence-electron chi connectivity index (χ4n) is 2.92. The normalized spacial score (nSPS) is 23.4. The summed E-state index contributed by atoms with van der Waals surface area (Å²) >= 11 is 0. The molecule has 2 rings (SSSR count). The predicted molar refractivity (Wildman–Crippen MR) is 87.5 cm³/mol. The zero-order valence-corrected chi connectivity index (χ0v) is 13.3. The van der Waals surface area contributed by atoms with Crippen LogP contribution in [0.25, 0.3) is 0 Å². The summed E-state index contributed by atoms with van der Waals surface area (Å²) < 4.78 is 0. The molecular formula is C17H27N3O. The fraction of sp³-hybridized carbons (Fsp3) is 0.588. The number of carbonyl (C=O) groups is 1. The summed E-state index contributed by atoms with van der Waals surface area (Å²) in [6.07, 6.45) is 4.79. The second kappa shape index (κ2) is 7.46. The van der Waals surface area contributed by atoms with Crippen molar-refractivity contribution in [3.63, 3.8) is 0 Å². The lowest BCUT2D eigenvalue weighted by atomic mass is 9.86. The summed E-state index contributed by atoms with van der Waals surface area (Å²) in [4.78, 5) is 12.1. The first kappa shape index (κ1) is 15.8. The standard InChI is InChI=1S/C17H27N3O/c1-12-7-4-5-10-16(12)20-17(21)19-15-9-6-8-14(11-15)13(2)18-3/h6,8-9,11-13,16,18H,4-5,7,10H2,1-3H3,(H2,19,20,21). The molecule has 3 N–H and O–H groups in total. The Bertz CT molecular complexity index is 475. The van der Waals surface area contributed by atoms with Crippen LogP contribution in [0.1, 0.15) is 51.1 Å². The van der Waals surface area contributed by atoms with Gasteiger partial charge in [-0.15, -0.1) is 0 Å². The smallest absolute Gasteiger partial charge is 0.319 e. The van der Waals surface area contributed by atoms with E-state index >= 15 is 0 Å². The monoisotopic (exact) mass is 289 g/mol. The van der Waals surface area contributed by atoms with Crippen molar-refractivity contribution in [1.29, 1.82) is 0 Å². The largest absolute Gasteiger partial charge is 0.335 e. The minimum Gasteiger partial charge on any atom is -0.335 e. The molecule has 0 saturated heterocycles. The van der Waals surface area contributed by atoms with E-state index in [0.29, 0.717) is 12.0 Å². The number of benzene rings is 1. The van der Waals surface area contributed by atoms with E-state index in [1.54, 1.807) is 0 Å². The van der Waals surface area contributed by atoms with Gasteiger partial charge in [0.2, 0.25) is 0 Å². The molecule has 2 amide bonds. The van der Waals surface area contributed by atoms with Crippen LogP contribution in [0.3, 0.4) is 0 Å². The number of rotatable bonds is 4. The molecule has 21 heavy (non-hydrogen) atoms. The molecule has 0 aliphatic heterocycles. The van der Waals surface area contributed by atoms with Gasteiger partial charge in [0, 0.05) is 17.8 Å². The summed E-state index contributed by atoms with van der Waals surface area (Å²) in [6.45, 7) is 4.32. The second-order valence-electron chi connectivity index (χ2n) is 6.10. The molecule has 1 aliphatic rings. The highest BCUT2D eigenvalue weighted by Gasteiger charge is 2.22. The van der Waals surface area contributed by atoms with Gasteiger partial charge in [-0.1, -0.05) is 31.9 Å². The van der Waals surface area contributed by atoms with Gasteiger partial charge < -0.3 is 16.0 Å². The maximum Gasteiger partial charge on any atom is 0.319 e. The summed E-state index contributed by atoms with van der Waals surface area (Å²) in [6, 6.07) is 8.46. The van der Waals surface area contributed by atoms with E-state index in [1.165, 1.54) is 24.8 Å². The zero-order chi connectivity index (χ0) is 15.2. The molecule has 1 aromatic carbocycles. The molecule has 4 heteroatoms. The molecule has 0 bridgehead atoms. The topological polar surface area (TPSA) is 53.2 Å². The van der Waals surface area contributed by atoms with Crippen LogP contribution < -0.4 is 16.0 Å². The number of urea groups is 1. The molecule has 1 fully saturated rings. The highest BCUT2D eigenvalue weighted by atomic mass is 16.2. The van der Waals surface area contributed by atoms with Crippen molar-refractivity contribution in [3.8, 4) is 0 Å². The molecule has 3 atom stereocenters.